The SMILES string of the molecule is CNC(=O)CNC(=O)c1cnn(-c2ccc(C(F)(F)F)cn2)c1C(C)C. The van der Waals surface area contributed by atoms with Gasteiger partial charge in [-0.25, -0.2) is 9.67 Å². The van der Waals surface area contributed by atoms with Gasteiger partial charge in [-0.3, -0.25) is 9.59 Å². The van der Waals surface area contributed by atoms with Crippen molar-refractivity contribution in [2.24, 2.45) is 0 Å². The highest BCUT2D eigenvalue weighted by molar-refractivity contribution is 5.97. The first-order valence-corrected chi connectivity index (χ1v) is 7.75. The summed E-state index contributed by atoms with van der Waals surface area (Å²) in [6.07, 6.45) is -2.47. The molecule has 10 heteroatoms. The molecular weight excluding hydrogens is 351 g/mol. The monoisotopic (exact) mass is 369 g/mol. The second-order valence-electron chi connectivity index (χ2n) is 5.77. The van der Waals surface area contributed by atoms with Gasteiger partial charge in [0.1, 0.15) is 0 Å². The lowest BCUT2D eigenvalue weighted by Gasteiger charge is -2.13. The fourth-order valence-corrected chi connectivity index (χ4v) is 2.29. The summed E-state index contributed by atoms with van der Waals surface area (Å²) in [6, 6.07) is 2.09. The molecule has 0 unspecified atom stereocenters. The van der Waals surface area contributed by atoms with Crippen molar-refractivity contribution >= 4 is 11.8 Å². The summed E-state index contributed by atoms with van der Waals surface area (Å²) in [4.78, 5) is 27.4. The van der Waals surface area contributed by atoms with Crippen LogP contribution in [0.3, 0.4) is 0 Å². The number of pyridine rings is 1. The van der Waals surface area contributed by atoms with Crippen LogP contribution in [0.1, 0.15) is 41.4 Å². The summed E-state index contributed by atoms with van der Waals surface area (Å²) in [6.45, 7) is 3.43. The highest BCUT2D eigenvalue weighted by Crippen LogP contribution is 2.29. The Labute approximate surface area is 147 Å². The smallest absolute Gasteiger partial charge is 0.358 e. The maximum atomic E-state index is 12.7. The van der Waals surface area contributed by atoms with Gasteiger partial charge in [0.25, 0.3) is 5.91 Å². The number of hydrogen-bond donors (Lipinski definition) is 2. The molecule has 140 valence electrons. The Morgan fingerprint density at radius 2 is 1.92 bits per heavy atom. The van der Waals surface area contributed by atoms with Crippen molar-refractivity contribution < 1.29 is 22.8 Å². The van der Waals surface area contributed by atoms with Gasteiger partial charge in [-0.05, 0) is 18.1 Å². The number of likely N-dealkylation sites (N-methyl/N-ethyl adjacent to an activating group) is 1. The molecule has 0 bridgehead atoms. The summed E-state index contributed by atoms with van der Waals surface area (Å²) in [7, 11) is 1.45. The summed E-state index contributed by atoms with van der Waals surface area (Å²) in [5.74, 6) is -0.869. The molecule has 2 heterocycles. The van der Waals surface area contributed by atoms with Crippen molar-refractivity contribution in [3.05, 3.63) is 41.3 Å². The zero-order chi connectivity index (χ0) is 19.5. The topological polar surface area (TPSA) is 88.9 Å². The fraction of sp³-hybridized carbons (Fsp3) is 0.375. The van der Waals surface area contributed by atoms with Crippen molar-refractivity contribution in [3.8, 4) is 5.82 Å². The van der Waals surface area contributed by atoms with Gasteiger partial charge in [0, 0.05) is 13.2 Å². The second-order valence-corrected chi connectivity index (χ2v) is 5.77. The molecule has 0 fully saturated rings. The number of carbonyl (C=O) groups is 2. The van der Waals surface area contributed by atoms with E-state index >= 15 is 0 Å². The highest BCUT2D eigenvalue weighted by Gasteiger charge is 2.31. The van der Waals surface area contributed by atoms with Crippen molar-refractivity contribution in [3.63, 3.8) is 0 Å². The molecule has 0 aliphatic carbocycles. The van der Waals surface area contributed by atoms with Crippen molar-refractivity contribution in [2.75, 3.05) is 13.6 Å². The standard InChI is InChI=1S/C16H18F3N5O2/c1-9(2)14-11(15(26)22-8-13(25)20-3)7-23-24(14)12-5-4-10(6-21-12)16(17,18)19/h4-7,9H,8H2,1-3H3,(H,20,25)(H,22,26). The summed E-state index contributed by atoms with van der Waals surface area (Å²) < 4.78 is 39.3. The number of rotatable bonds is 5. The van der Waals surface area contributed by atoms with E-state index in [9.17, 15) is 22.8 Å². The molecule has 0 aliphatic rings. The number of alkyl halides is 3. The van der Waals surface area contributed by atoms with Gasteiger partial charge < -0.3 is 10.6 Å². The molecule has 2 rings (SSSR count). The zero-order valence-corrected chi connectivity index (χ0v) is 14.4. The molecule has 0 aliphatic heterocycles. The molecule has 0 spiro atoms. The Hall–Kier alpha value is -2.91. The minimum Gasteiger partial charge on any atom is -0.358 e. The van der Waals surface area contributed by atoms with E-state index < -0.39 is 17.6 Å². The average Bonchev–Trinajstić information content (AvgIpc) is 3.04. The van der Waals surface area contributed by atoms with Gasteiger partial charge in [0.05, 0.1) is 29.6 Å². The lowest BCUT2D eigenvalue weighted by molar-refractivity contribution is -0.137. The van der Waals surface area contributed by atoms with Crippen molar-refractivity contribution in [1.29, 1.82) is 0 Å². The molecule has 2 aromatic heterocycles. The minimum absolute atomic E-state index is 0.159. The third kappa shape index (κ3) is 4.19. The van der Waals surface area contributed by atoms with Crippen LogP contribution in [0.5, 0.6) is 0 Å². The largest absolute Gasteiger partial charge is 0.417 e. The van der Waals surface area contributed by atoms with Crippen LogP contribution in [0.15, 0.2) is 24.5 Å². The van der Waals surface area contributed by atoms with E-state index in [0.29, 0.717) is 11.9 Å². The van der Waals surface area contributed by atoms with E-state index in [0.717, 1.165) is 6.07 Å². The fourth-order valence-electron chi connectivity index (χ4n) is 2.29. The molecule has 0 atom stereocenters. The van der Waals surface area contributed by atoms with Crippen LogP contribution in [0.2, 0.25) is 0 Å². The van der Waals surface area contributed by atoms with Crippen LogP contribution in [0.25, 0.3) is 5.82 Å². The van der Waals surface area contributed by atoms with E-state index in [4.69, 9.17) is 0 Å². The van der Waals surface area contributed by atoms with E-state index in [1.165, 1.54) is 24.0 Å². The molecule has 26 heavy (non-hydrogen) atoms. The van der Waals surface area contributed by atoms with E-state index in [1.807, 2.05) is 13.8 Å². The number of nitrogens with one attached hydrogen (secondary N) is 2. The molecule has 2 N–H and O–H groups in total. The second kappa shape index (κ2) is 7.54. The number of halogens is 3. The van der Waals surface area contributed by atoms with E-state index in [1.54, 1.807) is 0 Å². The number of aromatic nitrogens is 3. The first-order valence-electron chi connectivity index (χ1n) is 7.75. The van der Waals surface area contributed by atoms with Crippen molar-refractivity contribution in [1.82, 2.24) is 25.4 Å². The lowest BCUT2D eigenvalue weighted by Crippen LogP contribution is -2.35. The van der Waals surface area contributed by atoms with Crippen LogP contribution < -0.4 is 10.6 Å². The van der Waals surface area contributed by atoms with Crippen molar-refractivity contribution in [2.45, 2.75) is 25.9 Å². The number of carbonyl (C=O) groups excluding carboxylic acids is 2. The summed E-state index contributed by atoms with van der Waals surface area (Å²) >= 11 is 0. The lowest BCUT2D eigenvalue weighted by atomic mass is 10.1. The van der Waals surface area contributed by atoms with Crippen LogP contribution in [0.4, 0.5) is 13.2 Å². The molecular formula is C16H18F3N5O2. The van der Waals surface area contributed by atoms with Gasteiger partial charge in [0.15, 0.2) is 5.82 Å². The maximum absolute atomic E-state index is 12.7. The minimum atomic E-state index is -4.48. The van der Waals surface area contributed by atoms with Crippen LogP contribution in [-0.2, 0) is 11.0 Å². The van der Waals surface area contributed by atoms with E-state index in [2.05, 4.69) is 20.7 Å². The predicted octanol–water partition coefficient (Wildman–Crippen LogP) is 1.89. The van der Waals surface area contributed by atoms with Crippen LogP contribution >= 0.6 is 0 Å². The number of nitrogens with zero attached hydrogens (tertiary/aromatic N) is 3. The number of hydrogen-bond acceptors (Lipinski definition) is 4. The normalized spacial score (nSPS) is 11.5. The maximum Gasteiger partial charge on any atom is 0.417 e. The van der Waals surface area contributed by atoms with Crippen LogP contribution in [-0.4, -0.2) is 40.2 Å². The third-order valence-corrected chi connectivity index (χ3v) is 3.58. The summed E-state index contributed by atoms with van der Waals surface area (Å²) in [5, 5.41) is 8.93. The Kier molecular flexibility index (Phi) is 5.63. The first-order chi connectivity index (χ1) is 12.1. The predicted molar refractivity (Wildman–Crippen MR) is 86.8 cm³/mol. The molecule has 0 radical (unpaired) electrons. The molecule has 2 aromatic rings. The molecule has 0 saturated heterocycles. The molecule has 0 saturated carbocycles. The van der Waals surface area contributed by atoms with Gasteiger partial charge >= 0.3 is 6.18 Å². The van der Waals surface area contributed by atoms with Gasteiger partial charge in [-0.2, -0.15) is 18.3 Å². The zero-order valence-electron chi connectivity index (χ0n) is 14.4. The van der Waals surface area contributed by atoms with Gasteiger partial charge in [-0.15, -0.1) is 0 Å². The Balaban J connectivity index is 2.34. The molecule has 0 aromatic carbocycles. The Morgan fingerprint density at radius 1 is 1.23 bits per heavy atom. The first kappa shape index (κ1) is 19.4. The highest BCUT2D eigenvalue weighted by atomic mass is 19.4. The summed E-state index contributed by atoms with van der Waals surface area (Å²) in [5.41, 5.74) is -0.166. The third-order valence-electron chi connectivity index (χ3n) is 3.58. The Morgan fingerprint density at radius 3 is 2.42 bits per heavy atom. The Bertz CT molecular complexity index is 797. The molecule has 2 amide bonds. The average molecular weight is 369 g/mol. The molecule has 7 nitrogen and oxygen atoms in total. The van der Waals surface area contributed by atoms with Crippen LogP contribution in [0, 0.1) is 0 Å². The van der Waals surface area contributed by atoms with Gasteiger partial charge in [-0.1, -0.05) is 13.8 Å². The van der Waals surface area contributed by atoms with Gasteiger partial charge in [0.2, 0.25) is 5.91 Å². The van der Waals surface area contributed by atoms with E-state index in [-0.39, 0.29) is 29.8 Å². The number of amides is 2. The quantitative estimate of drug-likeness (QED) is 0.842.